The molecule has 4 N–H and O–H groups in total. The van der Waals surface area contributed by atoms with Gasteiger partial charge in [0.2, 0.25) is 0 Å². The number of thiophene rings is 1. The number of ether oxygens (including phenoxy) is 1. The van der Waals surface area contributed by atoms with Crippen LogP contribution in [0.4, 0.5) is 4.39 Å². The number of aromatic nitrogens is 2. The maximum atomic E-state index is 15.0. The molecular formula is C18H19FN4O3S. The molecule has 9 heteroatoms. The van der Waals surface area contributed by atoms with E-state index in [1.165, 1.54) is 18.4 Å². The number of hydrogen-bond acceptors (Lipinski definition) is 6. The molecule has 3 aromatic rings. The summed E-state index contributed by atoms with van der Waals surface area (Å²) in [5, 5.41) is 1.91. The number of methoxy groups -OCH3 is 1. The summed E-state index contributed by atoms with van der Waals surface area (Å²) in [7, 11) is 1.40. The summed E-state index contributed by atoms with van der Waals surface area (Å²) < 4.78 is 22.1. The Hall–Kier alpha value is -2.65. The number of rotatable bonds is 5. The van der Waals surface area contributed by atoms with Gasteiger partial charge in [0.15, 0.2) is 11.6 Å². The normalized spacial score (nSPS) is 14.0. The van der Waals surface area contributed by atoms with E-state index in [2.05, 4.69) is 0 Å². The van der Waals surface area contributed by atoms with Crippen molar-refractivity contribution in [2.45, 2.75) is 25.2 Å². The van der Waals surface area contributed by atoms with E-state index in [0.717, 1.165) is 29.0 Å². The van der Waals surface area contributed by atoms with Gasteiger partial charge in [-0.3, -0.25) is 9.20 Å². The predicted octanol–water partition coefficient (Wildman–Crippen LogP) is 1.43. The van der Waals surface area contributed by atoms with Gasteiger partial charge in [-0.25, -0.2) is 9.18 Å². The number of halogens is 1. The zero-order valence-electron chi connectivity index (χ0n) is 14.7. The van der Waals surface area contributed by atoms with E-state index in [1.807, 2.05) is 11.4 Å². The van der Waals surface area contributed by atoms with E-state index in [9.17, 15) is 9.59 Å². The molecule has 0 bridgehead atoms. The molecule has 0 amide bonds. The first-order valence-corrected chi connectivity index (χ1v) is 9.46. The third-order valence-corrected chi connectivity index (χ3v) is 5.80. The maximum Gasteiger partial charge on any atom is 0.354 e. The summed E-state index contributed by atoms with van der Waals surface area (Å²) in [6.45, 7) is 0.491. The Balaban J connectivity index is 2.10. The average Bonchev–Trinajstić information content (AvgIpc) is 3.38. The van der Waals surface area contributed by atoms with E-state index >= 15 is 4.39 Å². The maximum absolute atomic E-state index is 15.0. The van der Waals surface area contributed by atoms with E-state index in [-0.39, 0.29) is 17.2 Å². The van der Waals surface area contributed by atoms with Crippen molar-refractivity contribution in [2.75, 3.05) is 19.5 Å². The van der Waals surface area contributed by atoms with Gasteiger partial charge in [0, 0.05) is 4.88 Å². The number of nitrogens with two attached hydrogens (primary N) is 2. The zero-order chi connectivity index (χ0) is 19.3. The Bertz CT molecular complexity index is 1160. The van der Waals surface area contributed by atoms with Gasteiger partial charge in [0.05, 0.1) is 24.4 Å². The van der Waals surface area contributed by atoms with Crippen molar-refractivity contribution in [3.05, 3.63) is 55.4 Å². The topological polar surface area (TPSA) is 105 Å². The van der Waals surface area contributed by atoms with Crippen molar-refractivity contribution in [3.63, 3.8) is 0 Å². The first-order chi connectivity index (χ1) is 13.0. The quantitative estimate of drug-likeness (QED) is 0.641. The summed E-state index contributed by atoms with van der Waals surface area (Å²) in [6.07, 6.45) is 3.39. The van der Waals surface area contributed by atoms with Crippen molar-refractivity contribution < 1.29 is 9.13 Å². The molecule has 142 valence electrons. The van der Waals surface area contributed by atoms with Gasteiger partial charge in [0.25, 0.3) is 5.56 Å². The highest BCUT2D eigenvalue weighted by molar-refractivity contribution is 7.13. The van der Waals surface area contributed by atoms with E-state index in [4.69, 9.17) is 16.3 Å². The van der Waals surface area contributed by atoms with Crippen LogP contribution in [0, 0.1) is 5.82 Å². The highest BCUT2D eigenvalue weighted by atomic mass is 32.1. The smallest absolute Gasteiger partial charge is 0.354 e. The lowest BCUT2D eigenvalue weighted by molar-refractivity contribution is 0.415. The Morgan fingerprint density at radius 1 is 1.37 bits per heavy atom. The molecule has 0 radical (unpaired) electrons. The molecule has 1 saturated carbocycles. The van der Waals surface area contributed by atoms with Crippen LogP contribution in [0.5, 0.6) is 5.75 Å². The van der Waals surface area contributed by atoms with E-state index in [1.54, 1.807) is 0 Å². The predicted molar refractivity (Wildman–Crippen MR) is 103 cm³/mol. The molecule has 0 saturated heterocycles. The molecular weight excluding hydrogens is 371 g/mol. The van der Waals surface area contributed by atoms with E-state index < -0.39 is 17.1 Å². The number of fused-ring (bicyclic) bond motifs is 1. The second kappa shape index (κ2) is 6.50. The fourth-order valence-corrected chi connectivity index (χ4v) is 4.38. The third kappa shape index (κ3) is 2.74. The highest BCUT2D eigenvalue weighted by Crippen LogP contribution is 2.45. The number of nitrogens with zero attached hydrogens (tertiary/aromatic N) is 2. The van der Waals surface area contributed by atoms with Gasteiger partial charge in [-0.2, -0.15) is 4.68 Å². The summed E-state index contributed by atoms with van der Waals surface area (Å²) in [4.78, 5) is 25.8. The SMILES string of the molecule is COc1c(-c2cc(CCN)cs2)c(F)cn2c(=O)n(N)c(=O)c(C3CC3)c12. The minimum Gasteiger partial charge on any atom is -0.494 e. The van der Waals surface area contributed by atoms with Crippen molar-refractivity contribution in [2.24, 2.45) is 5.73 Å². The molecule has 7 nitrogen and oxygen atoms in total. The zero-order valence-corrected chi connectivity index (χ0v) is 15.5. The van der Waals surface area contributed by atoms with Crippen LogP contribution in [0.1, 0.15) is 29.9 Å². The Labute approximate surface area is 157 Å². The summed E-state index contributed by atoms with van der Waals surface area (Å²) in [6, 6.07) is 1.86. The molecule has 0 atom stereocenters. The molecule has 3 aromatic heterocycles. The van der Waals surface area contributed by atoms with Crippen molar-refractivity contribution in [3.8, 4) is 16.2 Å². The van der Waals surface area contributed by atoms with Gasteiger partial charge in [-0.15, -0.1) is 11.3 Å². The van der Waals surface area contributed by atoms with Crippen LogP contribution in [-0.4, -0.2) is 22.7 Å². The molecule has 1 aliphatic carbocycles. The Morgan fingerprint density at radius 2 is 2.11 bits per heavy atom. The molecule has 1 aliphatic rings. The third-order valence-electron chi connectivity index (χ3n) is 4.80. The lowest BCUT2D eigenvalue weighted by Crippen LogP contribution is -2.44. The summed E-state index contributed by atoms with van der Waals surface area (Å²) in [5.74, 6) is 5.18. The van der Waals surface area contributed by atoms with Crippen LogP contribution < -0.4 is 27.6 Å². The first kappa shape index (κ1) is 17.7. The average molecular weight is 390 g/mol. The fraction of sp³-hybridized carbons (Fsp3) is 0.333. The van der Waals surface area contributed by atoms with Crippen LogP contribution in [0.15, 0.2) is 27.2 Å². The highest BCUT2D eigenvalue weighted by Gasteiger charge is 2.33. The largest absolute Gasteiger partial charge is 0.494 e. The Morgan fingerprint density at radius 3 is 2.74 bits per heavy atom. The van der Waals surface area contributed by atoms with Crippen LogP contribution >= 0.6 is 11.3 Å². The molecule has 1 fully saturated rings. The minimum atomic E-state index is -0.807. The standard InChI is InChI=1S/C18H19FN4O3S/c1-26-16-14(12-6-9(4-5-20)8-27-12)11(19)7-22-15(16)13(10-2-3-10)17(24)23(21)18(22)25/h6-8,10H,2-5,20-21H2,1H3. The van der Waals surface area contributed by atoms with Crippen LogP contribution in [-0.2, 0) is 6.42 Å². The first-order valence-electron chi connectivity index (χ1n) is 8.58. The fourth-order valence-electron chi connectivity index (χ4n) is 3.39. The molecule has 3 heterocycles. The van der Waals surface area contributed by atoms with Gasteiger partial charge in [-0.05, 0) is 48.7 Å². The monoisotopic (exact) mass is 390 g/mol. The van der Waals surface area contributed by atoms with E-state index in [0.29, 0.717) is 33.6 Å². The lowest BCUT2D eigenvalue weighted by atomic mass is 10.1. The molecule has 0 aliphatic heterocycles. The van der Waals surface area contributed by atoms with Gasteiger partial charge < -0.3 is 16.3 Å². The van der Waals surface area contributed by atoms with Crippen molar-refractivity contribution in [1.29, 1.82) is 0 Å². The Kier molecular flexibility index (Phi) is 4.27. The minimum absolute atomic E-state index is 0.00810. The van der Waals surface area contributed by atoms with Crippen LogP contribution in [0.3, 0.4) is 0 Å². The molecule has 0 spiro atoms. The number of pyridine rings is 1. The lowest BCUT2D eigenvalue weighted by Gasteiger charge is -2.16. The molecule has 0 unspecified atom stereocenters. The summed E-state index contributed by atoms with van der Waals surface area (Å²) in [5.41, 5.74) is 6.15. The summed E-state index contributed by atoms with van der Waals surface area (Å²) >= 11 is 1.37. The van der Waals surface area contributed by atoms with Crippen LogP contribution in [0.2, 0.25) is 0 Å². The second-order valence-corrected chi connectivity index (χ2v) is 7.52. The van der Waals surface area contributed by atoms with Crippen molar-refractivity contribution in [1.82, 2.24) is 9.08 Å². The van der Waals surface area contributed by atoms with Gasteiger partial charge in [0.1, 0.15) is 5.52 Å². The number of nitrogen functional groups attached to an aromatic ring is 1. The second-order valence-electron chi connectivity index (χ2n) is 6.61. The van der Waals surface area contributed by atoms with Gasteiger partial charge in [-0.1, -0.05) is 0 Å². The van der Waals surface area contributed by atoms with Crippen molar-refractivity contribution >= 4 is 16.9 Å². The number of hydrogen-bond donors (Lipinski definition) is 2. The molecule has 0 aromatic carbocycles. The molecule has 27 heavy (non-hydrogen) atoms. The van der Waals surface area contributed by atoms with Gasteiger partial charge >= 0.3 is 5.69 Å². The molecule has 4 rings (SSSR count). The van der Waals surface area contributed by atoms with Crippen LogP contribution in [0.25, 0.3) is 16.0 Å².